The van der Waals surface area contributed by atoms with Crippen molar-refractivity contribution in [2.75, 3.05) is 6.61 Å². The highest BCUT2D eigenvalue weighted by atomic mass is 19.2. The third kappa shape index (κ3) is 6.18. The van der Waals surface area contributed by atoms with Gasteiger partial charge in [-0.15, -0.1) is 0 Å². The van der Waals surface area contributed by atoms with Crippen LogP contribution in [0.25, 0.3) is 0 Å². The molecule has 0 unspecified atom stereocenters. The molecule has 29 heavy (non-hydrogen) atoms. The molecule has 2 saturated carbocycles. The Morgan fingerprint density at radius 3 is 2.00 bits per heavy atom. The number of unbranched alkanes of at least 4 members (excludes halogenated alkanes) is 1. The average molecular weight is 407 g/mol. The lowest BCUT2D eigenvalue weighted by Crippen LogP contribution is -2.27. The molecule has 1 aromatic rings. The highest BCUT2D eigenvalue weighted by molar-refractivity contribution is 5.31. The van der Waals surface area contributed by atoms with E-state index in [1.54, 1.807) is 12.1 Å². The third-order valence-electron chi connectivity index (χ3n) is 7.55. The van der Waals surface area contributed by atoms with Gasteiger partial charge in [0.1, 0.15) is 0 Å². The first kappa shape index (κ1) is 22.6. The van der Waals surface area contributed by atoms with Gasteiger partial charge in [0, 0.05) is 0 Å². The molecule has 1 aromatic carbocycles. The molecule has 0 N–H and O–H groups in total. The molecule has 0 amide bonds. The van der Waals surface area contributed by atoms with Crippen molar-refractivity contribution in [2.24, 2.45) is 23.7 Å². The van der Waals surface area contributed by atoms with E-state index in [1.165, 1.54) is 51.4 Å². The van der Waals surface area contributed by atoms with Gasteiger partial charge >= 0.3 is 0 Å². The summed E-state index contributed by atoms with van der Waals surface area (Å²) in [5.41, 5.74) is 0.464. The zero-order valence-corrected chi connectivity index (χ0v) is 18.5. The molecule has 0 aliphatic heterocycles. The minimum absolute atomic E-state index is 0.0825. The number of hydrogen-bond acceptors (Lipinski definition) is 1. The highest BCUT2D eigenvalue weighted by Gasteiger charge is 2.31. The molecule has 164 valence electrons. The van der Waals surface area contributed by atoms with Gasteiger partial charge in [0.05, 0.1) is 6.61 Å². The van der Waals surface area contributed by atoms with E-state index in [2.05, 4.69) is 13.8 Å². The Kier molecular flexibility index (Phi) is 8.81. The maximum absolute atomic E-state index is 14.3. The summed E-state index contributed by atoms with van der Waals surface area (Å²) in [7, 11) is 0. The second-order valence-corrected chi connectivity index (χ2v) is 9.62. The molecule has 2 aliphatic rings. The summed E-state index contributed by atoms with van der Waals surface area (Å²) < 4.78 is 34.3. The molecule has 2 fully saturated rings. The number of aryl methyl sites for hydroxylation is 1. The van der Waals surface area contributed by atoms with Gasteiger partial charge in [-0.2, -0.15) is 4.39 Å². The van der Waals surface area contributed by atoms with Crippen molar-refractivity contribution in [3.8, 4) is 5.75 Å². The molecule has 1 nitrogen and oxygen atoms in total. The first-order valence-corrected chi connectivity index (χ1v) is 12.2. The number of hydrogen-bond donors (Lipinski definition) is 0. The maximum Gasteiger partial charge on any atom is 0.200 e. The van der Waals surface area contributed by atoms with E-state index >= 15 is 0 Å². The number of halogens is 2. The van der Waals surface area contributed by atoms with Crippen molar-refractivity contribution in [3.63, 3.8) is 0 Å². The van der Waals surface area contributed by atoms with Gasteiger partial charge in [-0.3, -0.25) is 0 Å². The Balaban J connectivity index is 1.42. The van der Waals surface area contributed by atoms with Gasteiger partial charge in [-0.1, -0.05) is 52.0 Å². The summed E-state index contributed by atoms with van der Waals surface area (Å²) in [6, 6.07) is 3.30. The fraction of sp³-hybridized carbons (Fsp3) is 0.769. The molecule has 0 saturated heterocycles. The van der Waals surface area contributed by atoms with E-state index in [0.717, 1.165) is 43.4 Å². The predicted molar refractivity (Wildman–Crippen MR) is 116 cm³/mol. The predicted octanol–water partition coefficient (Wildman–Crippen LogP) is 8.10. The minimum atomic E-state index is -0.809. The number of benzene rings is 1. The van der Waals surface area contributed by atoms with Crippen LogP contribution < -0.4 is 4.74 Å². The molecule has 3 rings (SSSR count). The van der Waals surface area contributed by atoms with Crippen LogP contribution in [-0.2, 0) is 6.42 Å². The van der Waals surface area contributed by atoms with Crippen molar-refractivity contribution in [1.29, 1.82) is 0 Å². The third-order valence-corrected chi connectivity index (χ3v) is 7.55. The van der Waals surface area contributed by atoms with Crippen LogP contribution in [0.4, 0.5) is 8.78 Å². The SMILES string of the molecule is CCCCc1ccc(OCC2CCC(C3CCC(CCC)CC3)CC2)c(F)c1F. The van der Waals surface area contributed by atoms with Gasteiger partial charge < -0.3 is 4.74 Å². The zero-order valence-electron chi connectivity index (χ0n) is 18.5. The van der Waals surface area contributed by atoms with Crippen LogP contribution in [-0.4, -0.2) is 6.61 Å². The van der Waals surface area contributed by atoms with E-state index in [0.29, 0.717) is 24.5 Å². The molecule has 0 bridgehead atoms. The average Bonchev–Trinajstić information content (AvgIpc) is 2.75. The Morgan fingerprint density at radius 1 is 0.793 bits per heavy atom. The van der Waals surface area contributed by atoms with E-state index in [1.807, 2.05) is 0 Å². The van der Waals surface area contributed by atoms with E-state index in [9.17, 15) is 8.78 Å². The lowest BCUT2D eigenvalue weighted by Gasteiger charge is -2.37. The summed E-state index contributed by atoms with van der Waals surface area (Å²) in [4.78, 5) is 0. The van der Waals surface area contributed by atoms with Crippen molar-refractivity contribution >= 4 is 0 Å². The maximum atomic E-state index is 14.3. The highest BCUT2D eigenvalue weighted by Crippen LogP contribution is 2.42. The van der Waals surface area contributed by atoms with Crippen LogP contribution in [0, 0.1) is 35.3 Å². The molecule has 0 radical (unpaired) electrons. The Labute approximate surface area is 176 Å². The lowest BCUT2D eigenvalue weighted by molar-refractivity contribution is 0.120. The van der Waals surface area contributed by atoms with Crippen LogP contribution in [0.15, 0.2) is 12.1 Å². The Bertz CT molecular complexity index is 613. The second-order valence-electron chi connectivity index (χ2n) is 9.62. The lowest BCUT2D eigenvalue weighted by atomic mass is 9.69. The van der Waals surface area contributed by atoms with Crippen LogP contribution >= 0.6 is 0 Å². The molecule has 0 heterocycles. The van der Waals surface area contributed by atoms with Crippen molar-refractivity contribution in [1.82, 2.24) is 0 Å². The van der Waals surface area contributed by atoms with Crippen LogP contribution in [0.2, 0.25) is 0 Å². The number of rotatable bonds is 9. The van der Waals surface area contributed by atoms with E-state index in [-0.39, 0.29) is 5.75 Å². The first-order chi connectivity index (χ1) is 14.1. The molecule has 0 atom stereocenters. The normalized spacial score (nSPS) is 27.7. The monoisotopic (exact) mass is 406 g/mol. The fourth-order valence-corrected chi connectivity index (χ4v) is 5.63. The van der Waals surface area contributed by atoms with Crippen LogP contribution in [0.3, 0.4) is 0 Å². The molecule has 0 spiro atoms. The summed E-state index contributed by atoms with van der Waals surface area (Å²) in [5, 5.41) is 0. The number of ether oxygens (including phenoxy) is 1. The quantitative estimate of drug-likeness (QED) is 0.402. The van der Waals surface area contributed by atoms with Gasteiger partial charge in [0.2, 0.25) is 5.82 Å². The van der Waals surface area contributed by atoms with Gasteiger partial charge in [-0.25, -0.2) is 4.39 Å². The van der Waals surface area contributed by atoms with Gasteiger partial charge in [0.15, 0.2) is 11.6 Å². The molecule has 0 aromatic heterocycles. The van der Waals surface area contributed by atoms with Crippen LogP contribution in [0.5, 0.6) is 5.75 Å². The topological polar surface area (TPSA) is 9.23 Å². The zero-order chi connectivity index (χ0) is 20.6. The second kappa shape index (κ2) is 11.3. The van der Waals surface area contributed by atoms with Crippen LogP contribution in [0.1, 0.15) is 96.5 Å². The smallest absolute Gasteiger partial charge is 0.200 e. The van der Waals surface area contributed by atoms with Crippen molar-refractivity contribution < 1.29 is 13.5 Å². The molecular formula is C26H40F2O. The summed E-state index contributed by atoms with van der Waals surface area (Å²) in [6.45, 7) is 4.87. The van der Waals surface area contributed by atoms with Crippen molar-refractivity contribution in [3.05, 3.63) is 29.3 Å². The summed E-state index contributed by atoms with van der Waals surface area (Å²) in [6.07, 6.45) is 15.8. The standard InChI is InChI=1S/C26H40F2O/c1-3-5-7-23-16-17-24(26(28)25(23)27)29-18-20-10-14-22(15-11-20)21-12-8-19(6-4-2)9-13-21/h16-17,19-22H,3-15,18H2,1-2H3. The molecule has 3 heteroatoms. The Morgan fingerprint density at radius 2 is 1.41 bits per heavy atom. The Hall–Kier alpha value is -1.12. The minimum Gasteiger partial charge on any atom is -0.490 e. The summed E-state index contributed by atoms with van der Waals surface area (Å²) in [5.74, 6) is 1.80. The van der Waals surface area contributed by atoms with Gasteiger partial charge in [-0.05, 0) is 86.7 Å². The fourth-order valence-electron chi connectivity index (χ4n) is 5.63. The van der Waals surface area contributed by atoms with E-state index in [4.69, 9.17) is 4.74 Å². The van der Waals surface area contributed by atoms with Crippen molar-refractivity contribution in [2.45, 2.75) is 97.3 Å². The molecule has 2 aliphatic carbocycles. The first-order valence-electron chi connectivity index (χ1n) is 12.2. The largest absolute Gasteiger partial charge is 0.490 e. The van der Waals surface area contributed by atoms with Gasteiger partial charge in [0.25, 0.3) is 0 Å². The summed E-state index contributed by atoms with van der Waals surface area (Å²) >= 11 is 0. The molecular weight excluding hydrogens is 366 g/mol. The van der Waals surface area contributed by atoms with E-state index < -0.39 is 11.6 Å².